The highest BCUT2D eigenvalue weighted by atomic mass is 35.5. The molecule has 0 atom stereocenters. The van der Waals surface area contributed by atoms with E-state index in [1.165, 1.54) is 6.20 Å². The topological polar surface area (TPSA) is 64.9 Å². The van der Waals surface area contributed by atoms with Crippen LogP contribution in [0.1, 0.15) is 5.56 Å². The molecule has 0 bridgehead atoms. The normalized spacial score (nSPS) is 11.0. The average Bonchev–Trinajstić information content (AvgIpc) is 2.65. The third-order valence-corrected chi connectivity index (χ3v) is 4.36. The number of anilines is 2. The quantitative estimate of drug-likeness (QED) is 0.492. The zero-order chi connectivity index (χ0) is 18.5. The Morgan fingerprint density at radius 3 is 2.65 bits per heavy atom. The van der Waals surface area contributed by atoms with Crippen molar-refractivity contribution in [3.8, 4) is 6.07 Å². The predicted octanol–water partition coefficient (Wildman–Crippen LogP) is 5.26. The summed E-state index contributed by atoms with van der Waals surface area (Å²) in [5.74, 6) is -0.500. The number of nitrogens with one attached hydrogen (secondary N) is 2. The van der Waals surface area contributed by atoms with Crippen LogP contribution in [0.3, 0.4) is 0 Å². The Balaban J connectivity index is 1.80. The maximum Gasteiger partial charge on any atom is 0.267 e. The highest BCUT2D eigenvalue weighted by Gasteiger charge is 2.10. The van der Waals surface area contributed by atoms with E-state index in [4.69, 9.17) is 11.6 Å². The number of nitrogens with zero attached hydrogens (tertiary/aromatic N) is 1. The number of nitriles is 1. The van der Waals surface area contributed by atoms with Gasteiger partial charge in [-0.05, 0) is 36.1 Å². The van der Waals surface area contributed by atoms with Crippen LogP contribution in [0.4, 0.5) is 11.4 Å². The maximum atomic E-state index is 12.3. The van der Waals surface area contributed by atoms with Crippen LogP contribution in [0.5, 0.6) is 0 Å². The summed E-state index contributed by atoms with van der Waals surface area (Å²) in [6, 6.07) is 20.8. The second-order valence-electron chi connectivity index (χ2n) is 5.76. The SMILES string of the molecule is Cc1ccc(NC(=O)/C(C#N)=C\Nc2cccc3ccccc23)cc1Cl. The molecule has 0 unspecified atom stereocenters. The smallest absolute Gasteiger partial charge is 0.267 e. The minimum atomic E-state index is -0.500. The number of carbonyl (C=O) groups excluding carboxylic acids is 1. The summed E-state index contributed by atoms with van der Waals surface area (Å²) < 4.78 is 0. The number of aryl methyl sites for hydroxylation is 1. The van der Waals surface area contributed by atoms with Crippen molar-refractivity contribution in [1.29, 1.82) is 5.26 Å². The molecule has 3 aromatic rings. The van der Waals surface area contributed by atoms with Crippen molar-refractivity contribution >= 4 is 39.7 Å². The highest BCUT2D eigenvalue weighted by molar-refractivity contribution is 6.31. The van der Waals surface area contributed by atoms with E-state index in [0.717, 1.165) is 22.0 Å². The molecule has 4 nitrogen and oxygen atoms in total. The summed E-state index contributed by atoms with van der Waals surface area (Å²) >= 11 is 6.06. The van der Waals surface area contributed by atoms with Gasteiger partial charge < -0.3 is 10.6 Å². The third-order valence-electron chi connectivity index (χ3n) is 3.96. The molecule has 0 radical (unpaired) electrons. The van der Waals surface area contributed by atoms with E-state index >= 15 is 0 Å². The van der Waals surface area contributed by atoms with E-state index in [-0.39, 0.29) is 5.57 Å². The van der Waals surface area contributed by atoms with Gasteiger partial charge in [0.25, 0.3) is 5.91 Å². The number of hydrogen-bond donors (Lipinski definition) is 2. The molecule has 0 spiro atoms. The first-order chi connectivity index (χ1) is 12.6. The summed E-state index contributed by atoms with van der Waals surface area (Å²) in [5.41, 5.74) is 2.24. The molecule has 3 rings (SSSR count). The van der Waals surface area contributed by atoms with Gasteiger partial charge >= 0.3 is 0 Å². The molecule has 0 aromatic heterocycles. The number of halogens is 1. The van der Waals surface area contributed by atoms with E-state index in [1.54, 1.807) is 12.1 Å². The number of benzene rings is 3. The van der Waals surface area contributed by atoms with Gasteiger partial charge in [-0.3, -0.25) is 4.79 Å². The van der Waals surface area contributed by atoms with Crippen molar-refractivity contribution in [2.45, 2.75) is 6.92 Å². The van der Waals surface area contributed by atoms with Gasteiger partial charge in [-0.2, -0.15) is 5.26 Å². The summed E-state index contributed by atoms with van der Waals surface area (Å²) in [6.45, 7) is 1.88. The van der Waals surface area contributed by atoms with Crippen molar-refractivity contribution in [3.63, 3.8) is 0 Å². The van der Waals surface area contributed by atoms with Gasteiger partial charge in [-0.15, -0.1) is 0 Å². The fraction of sp³-hybridized carbons (Fsp3) is 0.0476. The minimum Gasteiger partial charge on any atom is -0.360 e. The van der Waals surface area contributed by atoms with Crippen molar-refractivity contribution in [1.82, 2.24) is 0 Å². The van der Waals surface area contributed by atoms with Gasteiger partial charge in [0, 0.05) is 28.0 Å². The lowest BCUT2D eigenvalue weighted by atomic mass is 10.1. The standard InChI is InChI=1S/C21H16ClN3O/c1-14-9-10-17(11-19(14)22)25-21(26)16(12-23)13-24-20-8-4-6-15-5-2-3-7-18(15)20/h2-11,13,24H,1H3,(H,25,26)/b16-13-. The van der Waals surface area contributed by atoms with Crippen LogP contribution in [0.2, 0.25) is 5.02 Å². The molecule has 0 saturated heterocycles. The number of hydrogen-bond acceptors (Lipinski definition) is 3. The predicted molar refractivity (Wildman–Crippen MR) is 106 cm³/mol. The molecule has 0 aliphatic rings. The molecule has 5 heteroatoms. The number of fused-ring (bicyclic) bond motifs is 1. The Bertz CT molecular complexity index is 1050. The highest BCUT2D eigenvalue weighted by Crippen LogP contribution is 2.23. The summed E-state index contributed by atoms with van der Waals surface area (Å²) in [4.78, 5) is 12.3. The summed E-state index contributed by atoms with van der Waals surface area (Å²) in [5, 5.41) is 17.7. The first-order valence-electron chi connectivity index (χ1n) is 8.00. The molecule has 1 amide bonds. The molecular weight excluding hydrogens is 346 g/mol. The van der Waals surface area contributed by atoms with Gasteiger partial charge in [0.05, 0.1) is 0 Å². The fourth-order valence-corrected chi connectivity index (χ4v) is 2.70. The van der Waals surface area contributed by atoms with Gasteiger partial charge in [0.15, 0.2) is 0 Å². The Morgan fingerprint density at radius 1 is 1.12 bits per heavy atom. The zero-order valence-corrected chi connectivity index (χ0v) is 14.8. The number of carbonyl (C=O) groups is 1. The monoisotopic (exact) mass is 361 g/mol. The summed E-state index contributed by atoms with van der Waals surface area (Å²) in [6.07, 6.45) is 1.41. The van der Waals surface area contributed by atoms with Crippen LogP contribution in [-0.2, 0) is 4.79 Å². The Labute approximate surface area is 156 Å². The van der Waals surface area contributed by atoms with E-state index in [1.807, 2.05) is 61.5 Å². The van der Waals surface area contributed by atoms with Gasteiger partial charge in [-0.25, -0.2) is 0 Å². The van der Waals surface area contributed by atoms with Gasteiger partial charge in [-0.1, -0.05) is 54.1 Å². The van der Waals surface area contributed by atoms with Crippen LogP contribution in [0.25, 0.3) is 10.8 Å². The van der Waals surface area contributed by atoms with Crippen molar-refractivity contribution in [2.24, 2.45) is 0 Å². The van der Waals surface area contributed by atoms with Crippen LogP contribution < -0.4 is 10.6 Å². The van der Waals surface area contributed by atoms with Crippen LogP contribution >= 0.6 is 11.6 Å². The zero-order valence-electron chi connectivity index (χ0n) is 14.1. The molecule has 2 N–H and O–H groups in total. The lowest BCUT2D eigenvalue weighted by Crippen LogP contribution is -2.14. The molecule has 0 fully saturated rings. The molecule has 26 heavy (non-hydrogen) atoms. The lowest BCUT2D eigenvalue weighted by Gasteiger charge is -2.08. The molecule has 128 valence electrons. The van der Waals surface area contributed by atoms with E-state index in [9.17, 15) is 10.1 Å². The number of rotatable bonds is 4. The molecule has 0 heterocycles. The second-order valence-corrected chi connectivity index (χ2v) is 6.17. The van der Waals surface area contributed by atoms with E-state index in [0.29, 0.717) is 10.7 Å². The Kier molecular flexibility index (Phi) is 5.21. The largest absolute Gasteiger partial charge is 0.360 e. The van der Waals surface area contributed by atoms with Crippen LogP contribution in [0.15, 0.2) is 72.4 Å². The van der Waals surface area contributed by atoms with E-state index < -0.39 is 5.91 Å². The number of amides is 1. The van der Waals surface area contributed by atoms with Crippen molar-refractivity contribution < 1.29 is 4.79 Å². The Hall–Kier alpha value is -3.29. The molecular formula is C21H16ClN3O. The van der Waals surface area contributed by atoms with Crippen molar-refractivity contribution in [3.05, 3.63) is 83.0 Å². The third kappa shape index (κ3) is 3.85. The molecule has 0 saturated carbocycles. The molecule has 0 aliphatic heterocycles. The average molecular weight is 362 g/mol. The van der Waals surface area contributed by atoms with Crippen molar-refractivity contribution in [2.75, 3.05) is 10.6 Å². The first kappa shape index (κ1) is 17.5. The molecule has 3 aromatic carbocycles. The summed E-state index contributed by atoms with van der Waals surface area (Å²) in [7, 11) is 0. The maximum absolute atomic E-state index is 12.3. The van der Waals surface area contributed by atoms with Crippen LogP contribution in [-0.4, -0.2) is 5.91 Å². The first-order valence-corrected chi connectivity index (χ1v) is 8.38. The van der Waals surface area contributed by atoms with Gasteiger partial charge in [0.1, 0.15) is 11.6 Å². The van der Waals surface area contributed by atoms with Gasteiger partial charge in [0.2, 0.25) is 0 Å². The minimum absolute atomic E-state index is 0.0327. The molecule has 0 aliphatic carbocycles. The second kappa shape index (κ2) is 7.73. The van der Waals surface area contributed by atoms with E-state index in [2.05, 4.69) is 10.6 Å². The Morgan fingerprint density at radius 2 is 1.88 bits per heavy atom. The fourth-order valence-electron chi connectivity index (χ4n) is 2.52. The lowest BCUT2D eigenvalue weighted by molar-refractivity contribution is -0.112. The van der Waals surface area contributed by atoms with Crippen LogP contribution in [0, 0.1) is 18.3 Å².